The molecule has 1 saturated heterocycles. The van der Waals surface area contributed by atoms with Crippen molar-refractivity contribution in [3.05, 3.63) is 65.4 Å². The summed E-state index contributed by atoms with van der Waals surface area (Å²) in [5, 5.41) is 2.67. The molecule has 1 aliphatic heterocycles. The van der Waals surface area contributed by atoms with Crippen molar-refractivity contribution in [1.82, 2.24) is 14.9 Å². The zero-order chi connectivity index (χ0) is 22.7. The number of carbonyl (C=O) groups is 1. The Kier molecular flexibility index (Phi) is 6.36. The van der Waals surface area contributed by atoms with Crippen molar-refractivity contribution in [3.63, 3.8) is 0 Å². The number of aromatic nitrogens is 2. The molecular formula is C22H20ClF2N5O2. The lowest BCUT2D eigenvalue weighted by molar-refractivity contribution is 0.208. The number of urea groups is 1. The van der Waals surface area contributed by atoms with Gasteiger partial charge in [-0.05, 0) is 36.4 Å². The smallest absolute Gasteiger partial charge is 0.321 e. The molecule has 2 aromatic carbocycles. The normalized spacial score (nSPS) is 13.8. The minimum absolute atomic E-state index is 0.0536. The predicted molar refractivity (Wildman–Crippen MR) is 118 cm³/mol. The number of methoxy groups -OCH3 is 1. The maximum Gasteiger partial charge on any atom is 0.321 e. The second-order valence-electron chi connectivity index (χ2n) is 7.14. The summed E-state index contributed by atoms with van der Waals surface area (Å²) in [7, 11) is 1.52. The van der Waals surface area contributed by atoms with E-state index < -0.39 is 5.82 Å². The zero-order valence-corrected chi connectivity index (χ0v) is 17.9. The van der Waals surface area contributed by atoms with Crippen molar-refractivity contribution in [2.45, 2.75) is 0 Å². The van der Waals surface area contributed by atoms with Gasteiger partial charge in [-0.1, -0.05) is 11.6 Å². The van der Waals surface area contributed by atoms with Gasteiger partial charge in [-0.25, -0.2) is 23.5 Å². The first kappa shape index (κ1) is 21.8. The molecular weight excluding hydrogens is 440 g/mol. The van der Waals surface area contributed by atoms with Gasteiger partial charge in [0.2, 0.25) is 0 Å². The Labute approximate surface area is 188 Å². The van der Waals surface area contributed by atoms with Crippen LogP contribution in [-0.4, -0.2) is 54.2 Å². The van der Waals surface area contributed by atoms with Gasteiger partial charge in [0.15, 0.2) is 0 Å². The van der Waals surface area contributed by atoms with E-state index in [-0.39, 0.29) is 16.9 Å². The molecule has 0 spiro atoms. The maximum absolute atomic E-state index is 13.8. The molecule has 0 radical (unpaired) electrons. The number of piperazine rings is 1. The van der Waals surface area contributed by atoms with Crippen LogP contribution in [0.4, 0.5) is 25.1 Å². The molecule has 1 aromatic heterocycles. The highest BCUT2D eigenvalue weighted by Gasteiger charge is 2.23. The molecule has 2 heterocycles. The molecule has 0 atom stereocenters. The monoisotopic (exact) mass is 459 g/mol. The van der Waals surface area contributed by atoms with Gasteiger partial charge in [-0.2, -0.15) is 0 Å². The van der Waals surface area contributed by atoms with Gasteiger partial charge >= 0.3 is 6.03 Å². The van der Waals surface area contributed by atoms with Gasteiger partial charge in [-0.15, -0.1) is 0 Å². The average Bonchev–Trinajstić information content (AvgIpc) is 2.81. The molecule has 166 valence electrons. The number of rotatable bonds is 4. The van der Waals surface area contributed by atoms with E-state index in [1.54, 1.807) is 17.0 Å². The van der Waals surface area contributed by atoms with Crippen LogP contribution in [-0.2, 0) is 0 Å². The Bertz CT molecular complexity index is 1140. The second-order valence-corrected chi connectivity index (χ2v) is 7.55. The van der Waals surface area contributed by atoms with Crippen molar-refractivity contribution < 1.29 is 18.3 Å². The highest BCUT2D eigenvalue weighted by atomic mass is 35.5. The molecule has 0 unspecified atom stereocenters. The largest absolute Gasteiger partial charge is 0.496 e. The van der Waals surface area contributed by atoms with Crippen LogP contribution in [0.1, 0.15) is 0 Å². The molecule has 3 aromatic rings. The molecule has 4 rings (SSSR count). The quantitative estimate of drug-likeness (QED) is 0.624. The molecule has 0 bridgehead atoms. The fourth-order valence-electron chi connectivity index (χ4n) is 3.46. The predicted octanol–water partition coefficient (Wildman–Crippen LogP) is 4.44. The average molecular weight is 460 g/mol. The lowest BCUT2D eigenvalue weighted by atomic mass is 10.1. The maximum atomic E-state index is 13.8. The third-order valence-electron chi connectivity index (χ3n) is 5.15. The number of halogens is 3. The summed E-state index contributed by atoms with van der Waals surface area (Å²) < 4.78 is 32.4. The number of carbonyl (C=O) groups excluding carboxylic acids is 1. The topological polar surface area (TPSA) is 70.6 Å². The van der Waals surface area contributed by atoms with E-state index in [0.717, 1.165) is 0 Å². The summed E-state index contributed by atoms with van der Waals surface area (Å²) in [6.45, 7) is 2.02. The van der Waals surface area contributed by atoms with Crippen molar-refractivity contribution in [2.24, 2.45) is 0 Å². The minimum Gasteiger partial charge on any atom is -0.496 e. The van der Waals surface area contributed by atoms with Gasteiger partial charge in [0.05, 0.1) is 17.8 Å². The number of hydrogen-bond donors (Lipinski definition) is 1. The first-order chi connectivity index (χ1) is 15.4. The number of ether oxygens (including phenoxy) is 1. The van der Waals surface area contributed by atoms with E-state index >= 15 is 0 Å². The molecule has 32 heavy (non-hydrogen) atoms. The van der Waals surface area contributed by atoms with Crippen LogP contribution in [0, 0.1) is 11.6 Å². The third-order valence-corrected chi connectivity index (χ3v) is 5.44. The molecule has 1 aliphatic rings. The SMILES string of the molecule is COc1ccc(F)cc1-c1cc(N2CCN(C(=O)Nc3ccc(F)c(Cl)c3)CC2)ncn1. The number of benzene rings is 2. The summed E-state index contributed by atoms with van der Waals surface area (Å²) in [5.74, 6) is 0.256. The molecule has 1 fully saturated rings. The Morgan fingerprint density at radius 1 is 1.06 bits per heavy atom. The Hall–Kier alpha value is -3.46. The molecule has 10 heteroatoms. The summed E-state index contributed by atoms with van der Waals surface area (Å²) >= 11 is 5.77. The van der Waals surface area contributed by atoms with Gasteiger partial charge in [-0.3, -0.25) is 0 Å². The first-order valence-electron chi connectivity index (χ1n) is 9.86. The van der Waals surface area contributed by atoms with E-state index in [4.69, 9.17) is 16.3 Å². The second kappa shape index (κ2) is 9.35. The van der Waals surface area contributed by atoms with E-state index in [0.29, 0.717) is 54.7 Å². The summed E-state index contributed by atoms with van der Waals surface area (Å²) in [5.41, 5.74) is 1.50. The van der Waals surface area contributed by atoms with Crippen LogP contribution in [0.15, 0.2) is 48.8 Å². The van der Waals surface area contributed by atoms with Crippen molar-refractivity contribution in [1.29, 1.82) is 0 Å². The Morgan fingerprint density at radius 3 is 2.56 bits per heavy atom. The summed E-state index contributed by atoms with van der Waals surface area (Å²) in [4.78, 5) is 24.8. The standard InChI is InChI=1S/C22H20ClF2N5O2/c1-32-20-5-2-14(24)10-16(20)19-12-21(27-13-26-19)29-6-8-30(9-7-29)22(31)28-15-3-4-18(25)17(23)11-15/h2-5,10-13H,6-9H2,1H3,(H,28,31). The van der Waals surface area contributed by atoms with E-state index in [9.17, 15) is 13.6 Å². The highest BCUT2D eigenvalue weighted by Crippen LogP contribution is 2.30. The highest BCUT2D eigenvalue weighted by molar-refractivity contribution is 6.31. The summed E-state index contributed by atoms with van der Waals surface area (Å²) in [6.07, 6.45) is 1.42. The number of anilines is 2. The molecule has 2 amide bonds. The Morgan fingerprint density at radius 2 is 1.84 bits per heavy atom. The summed E-state index contributed by atoms with van der Waals surface area (Å²) in [6, 6.07) is 9.76. The van der Waals surface area contributed by atoms with Crippen molar-refractivity contribution >= 4 is 29.1 Å². The van der Waals surface area contributed by atoms with Gasteiger partial charge in [0.1, 0.15) is 29.5 Å². The lowest BCUT2D eigenvalue weighted by Crippen LogP contribution is -2.50. The fraction of sp³-hybridized carbons (Fsp3) is 0.227. The van der Waals surface area contributed by atoms with Crippen LogP contribution in [0.5, 0.6) is 5.75 Å². The van der Waals surface area contributed by atoms with E-state index in [1.807, 2.05) is 4.90 Å². The van der Waals surface area contributed by atoms with Crippen molar-refractivity contribution in [3.8, 4) is 17.0 Å². The van der Waals surface area contributed by atoms with Crippen molar-refractivity contribution in [2.75, 3.05) is 43.5 Å². The number of nitrogens with zero attached hydrogens (tertiary/aromatic N) is 4. The minimum atomic E-state index is -0.543. The first-order valence-corrected chi connectivity index (χ1v) is 10.2. The van der Waals surface area contributed by atoms with E-state index in [2.05, 4.69) is 15.3 Å². The number of amides is 2. The number of nitrogens with one attached hydrogen (secondary N) is 1. The third kappa shape index (κ3) is 4.72. The molecule has 0 saturated carbocycles. The number of hydrogen-bond acceptors (Lipinski definition) is 5. The Balaban J connectivity index is 1.42. The molecule has 0 aliphatic carbocycles. The van der Waals surface area contributed by atoms with Gasteiger partial charge in [0.25, 0.3) is 0 Å². The molecule has 1 N–H and O–H groups in total. The lowest BCUT2D eigenvalue weighted by Gasteiger charge is -2.35. The van der Waals surface area contributed by atoms with Gasteiger partial charge < -0.3 is 19.9 Å². The zero-order valence-electron chi connectivity index (χ0n) is 17.2. The van der Waals surface area contributed by atoms with E-state index in [1.165, 1.54) is 43.8 Å². The van der Waals surface area contributed by atoms with Crippen LogP contribution >= 0.6 is 11.6 Å². The van der Waals surface area contributed by atoms with Crippen LogP contribution in [0.25, 0.3) is 11.3 Å². The fourth-order valence-corrected chi connectivity index (χ4v) is 3.64. The molecule has 7 nitrogen and oxygen atoms in total. The van der Waals surface area contributed by atoms with Crippen LogP contribution in [0.3, 0.4) is 0 Å². The van der Waals surface area contributed by atoms with Crippen LogP contribution in [0.2, 0.25) is 5.02 Å². The van der Waals surface area contributed by atoms with Crippen LogP contribution < -0.4 is 15.0 Å². The van der Waals surface area contributed by atoms with Gasteiger partial charge in [0, 0.05) is 43.5 Å².